The van der Waals surface area contributed by atoms with Crippen LogP contribution in [-0.2, 0) is 24.9 Å². The maximum Gasteiger partial charge on any atom is 0.409 e. The molecule has 1 fully saturated rings. The Labute approximate surface area is 169 Å². The monoisotopic (exact) mass is 405 g/mol. The van der Waals surface area contributed by atoms with Crippen molar-refractivity contribution in [3.05, 3.63) is 34.0 Å². The van der Waals surface area contributed by atoms with E-state index in [-0.39, 0.29) is 6.09 Å². The number of thiophene rings is 1. The lowest BCUT2D eigenvalue weighted by molar-refractivity contribution is 0.0914. The van der Waals surface area contributed by atoms with Crippen LogP contribution in [-0.4, -0.2) is 69.4 Å². The lowest BCUT2D eigenvalue weighted by Gasteiger charge is -2.36. The number of hydrogen-bond donors (Lipinski definition) is 1. The number of piperazine rings is 1. The van der Waals surface area contributed by atoms with Crippen molar-refractivity contribution in [2.75, 3.05) is 32.8 Å². The van der Waals surface area contributed by atoms with E-state index < -0.39 is 0 Å². The van der Waals surface area contributed by atoms with Crippen LogP contribution in [0.3, 0.4) is 0 Å². The third-order valence-corrected chi connectivity index (χ3v) is 5.54. The first kappa shape index (κ1) is 20.1. The number of ether oxygens (including phenoxy) is 1. The van der Waals surface area contributed by atoms with E-state index >= 15 is 0 Å². The molecule has 9 nitrogen and oxygen atoms in total. The number of aliphatic imine (C=N–C) groups is 1. The van der Waals surface area contributed by atoms with Crippen LogP contribution in [0.5, 0.6) is 0 Å². The molecule has 0 unspecified atom stereocenters. The summed E-state index contributed by atoms with van der Waals surface area (Å²) in [5.74, 6) is 2.50. The van der Waals surface area contributed by atoms with Gasteiger partial charge in [0.2, 0.25) is 0 Å². The van der Waals surface area contributed by atoms with E-state index in [4.69, 9.17) is 9.73 Å². The third-order valence-electron chi connectivity index (χ3n) is 4.66. The molecule has 0 bridgehead atoms. The molecule has 1 aliphatic heterocycles. The molecule has 2 aromatic rings. The highest BCUT2D eigenvalue weighted by Gasteiger charge is 2.24. The molecule has 0 aliphatic carbocycles. The summed E-state index contributed by atoms with van der Waals surface area (Å²) in [7, 11) is 1.94. The first-order valence-electron chi connectivity index (χ1n) is 9.40. The van der Waals surface area contributed by atoms with Gasteiger partial charge in [0.05, 0.1) is 13.2 Å². The van der Waals surface area contributed by atoms with Crippen molar-refractivity contribution in [1.29, 1.82) is 0 Å². The Morgan fingerprint density at radius 1 is 1.29 bits per heavy atom. The van der Waals surface area contributed by atoms with Gasteiger partial charge in [-0.3, -0.25) is 0 Å². The van der Waals surface area contributed by atoms with E-state index in [0.29, 0.717) is 45.9 Å². The van der Waals surface area contributed by atoms with Crippen LogP contribution in [0.1, 0.15) is 23.4 Å². The standard InChI is InChI=1S/C18H27N7O2S/c1-4-27-18(26)25-9-7-24(8-10-25)17(19-12-15-6-5-11-28-15)20-13-16-22-21-14(2)23(16)3/h5-6,11H,4,7-10,12-13H2,1-3H3,(H,19,20). The Morgan fingerprint density at radius 2 is 2.04 bits per heavy atom. The summed E-state index contributed by atoms with van der Waals surface area (Å²) >= 11 is 1.71. The second kappa shape index (κ2) is 9.54. The van der Waals surface area contributed by atoms with Gasteiger partial charge in [0.25, 0.3) is 0 Å². The first-order valence-corrected chi connectivity index (χ1v) is 10.3. The van der Waals surface area contributed by atoms with E-state index in [2.05, 4.69) is 31.9 Å². The molecule has 0 spiro atoms. The zero-order valence-electron chi connectivity index (χ0n) is 16.6. The van der Waals surface area contributed by atoms with E-state index in [1.54, 1.807) is 16.2 Å². The summed E-state index contributed by atoms with van der Waals surface area (Å²) in [4.78, 5) is 21.9. The fraction of sp³-hybridized carbons (Fsp3) is 0.556. The molecule has 1 saturated heterocycles. The number of aromatic nitrogens is 3. The molecule has 0 atom stereocenters. The largest absolute Gasteiger partial charge is 0.450 e. The van der Waals surface area contributed by atoms with Crippen molar-refractivity contribution in [2.24, 2.45) is 12.0 Å². The Kier molecular flexibility index (Phi) is 6.85. The van der Waals surface area contributed by atoms with E-state index in [0.717, 1.165) is 17.6 Å². The molecule has 28 heavy (non-hydrogen) atoms. The maximum atomic E-state index is 11.9. The number of guanidine groups is 1. The van der Waals surface area contributed by atoms with Crippen molar-refractivity contribution in [3.8, 4) is 0 Å². The highest BCUT2D eigenvalue weighted by atomic mass is 32.1. The van der Waals surface area contributed by atoms with Crippen LogP contribution < -0.4 is 5.32 Å². The Bertz CT molecular complexity index is 795. The topological polar surface area (TPSA) is 87.9 Å². The van der Waals surface area contributed by atoms with Gasteiger partial charge in [0.15, 0.2) is 11.8 Å². The van der Waals surface area contributed by atoms with Crippen LogP contribution in [0.2, 0.25) is 0 Å². The normalized spacial score (nSPS) is 15.0. The molecular formula is C18H27N7O2S. The van der Waals surface area contributed by atoms with Gasteiger partial charge in [-0.15, -0.1) is 21.5 Å². The second-order valence-electron chi connectivity index (χ2n) is 6.47. The number of amides is 1. The van der Waals surface area contributed by atoms with Crippen molar-refractivity contribution in [1.82, 2.24) is 29.9 Å². The van der Waals surface area contributed by atoms with E-state index in [1.807, 2.05) is 31.5 Å². The van der Waals surface area contributed by atoms with Crippen molar-refractivity contribution < 1.29 is 9.53 Å². The minimum atomic E-state index is -0.248. The molecule has 0 aromatic carbocycles. The third kappa shape index (κ3) is 5.00. The summed E-state index contributed by atoms with van der Waals surface area (Å²) < 4.78 is 7.04. The first-order chi connectivity index (χ1) is 13.6. The maximum absolute atomic E-state index is 11.9. The van der Waals surface area contributed by atoms with Gasteiger partial charge in [0, 0.05) is 38.1 Å². The molecule has 10 heteroatoms. The quantitative estimate of drug-likeness (QED) is 0.601. The number of rotatable bonds is 5. The minimum absolute atomic E-state index is 0.248. The van der Waals surface area contributed by atoms with Crippen molar-refractivity contribution in [2.45, 2.75) is 26.9 Å². The van der Waals surface area contributed by atoms with E-state index in [9.17, 15) is 4.79 Å². The molecule has 1 N–H and O–H groups in total. The van der Waals surface area contributed by atoms with Crippen LogP contribution in [0.15, 0.2) is 22.5 Å². The summed E-state index contributed by atoms with van der Waals surface area (Å²) in [6, 6.07) is 4.14. The van der Waals surface area contributed by atoms with Crippen LogP contribution >= 0.6 is 11.3 Å². The number of carbonyl (C=O) groups is 1. The van der Waals surface area contributed by atoms with Gasteiger partial charge in [-0.1, -0.05) is 6.07 Å². The Balaban J connectivity index is 1.66. The molecule has 0 saturated carbocycles. The van der Waals surface area contributed by atoms with Gasteiger partial charge >= 0.3 is 6.09 Å². The predicted molar refractivity (Wildman–Crippen MR) is 108 cm³/mol. The molecule has 1 aliphatic rings. The van der Waals surface area contributed by atoms with Gasteiger partial charge < -0.3 is 24.4 Å². The van der Waals surface area contributed by atoms with Gasteiger partial charge in [-0.25, -0.2) is 9.79 Å². The molecule has 0 radical (unpaired) electrons. The van der Waals surface area contributed by atoms with Crippen LogP contribution in [0, 0.1) is 6.92 Å². The molecule has 2 aromatic heterocycles. The number of carbonyl (C=O) groups excluding carboxylic acids is 1. The SMILES string of the molecule is CCOC(=O)N1CCN(C(=NCc2nnc(C)n2C)NCc2cccs2)CC1. The lowest BCUT2D eigenvalue weighted by atomic mass is 10.3. The van der Waals surface area contributed by atoms with Crippen molar-refractivity contribution >= 4 is 23.4 Å². The van der Waals surface area contributed by atoms with E-state index in [1.165, 1.54) is 4.88 Å². The summed E-state index contributed by atoms with van der Waals surface area (Å²) in [5, 5.41) is 13.8. The van der Waals surface area contributed by atoms with Gasteiger partial charge in [-0.2, -0.15) is 0 Å². The number of aryl methyl sites for hydroxylation is 1. The summed E-state index contributed by atoms with van der Waals surface area (Å²) in [6.07, 6.45) is -0.248. The Morgan fingerprint density at radius 3 is 2.64 bits per heavy atom. The van der Waals surface area contributed by atoms with Crippen LogP contribution in [0.25, 0.3) is 0 Å². The number of nitrogens with one attached hydrogen (secondary N) is 1. The fourth-order valence-corrected chi connectivity index (χ4v) is 3.54. The smallest absolute Gasteiger partial charge is 0.409 e. The second-order valence-corrected chi connectivity index (χ2v) is 7.50. The average molecular weight is 406 g/mol. The lowest BCUT2D eigenvalue weighted by Crippen LogP contribution is -2.53. The fourth-order valence-electron chi connectivity index (χ4n) is 2.90. The average Bonchev–Trinajstić information content (AvgIpc) is 3.33. The highest BCUT2D eigenvalue weighted by molar-refractivity contribution is 7.09. The van der Waals surface area contributed by atoms with Gasteiger partial charge in [0.1, 0.15) is 12.4 Å². The molecule has 1 amide bonds. The van der Waals surface area contributed by atoms with Crippen molar-refractivity contribution in [3.63, 3.8) is 0 Å². The summed E-state index contributed by atoms with van der Waals surface area (Å²) in [6.45, 7) is 7.93. The summed E-state index contributed by atoms with van der Waals surface area (Å²) in [5.41, 5.74) is 0. The molecular weight excluding hydrogens is 378 g/mol. The molecule has 3 rings (SSSR count). The zero-order valence-corrected chi connectivity index (χ0v) is 17.4. The van der Waals surface area contributed by atoms with Gasteiger partial charge in [-0.05, 0) is 25.3 Å². The zero-order chi connectivity index (χ0) is 19.9. The molecule has 152 valence electrons. The Hall–Kier alpha value is -2.62. The van der Waals surface area contributed by atoms with Crippen LogP contribution in [0.4, 0.5) is 4.79 Å². The highest BCUT2D eigenvalue weighted by Crippen LogP contribution is 2.10. The predicted octanol–water partition coefficient (Wildman–Crippen LogP) is 1.60. The number of nitrogens with zero attached hydrogens (tertiary/aromatic N) is 6. The molecule has 3 heterocycles. The minimum Gasteiger partial charge on any atom is -0.450 e. The number of hydrogen-bond acceptors (Lipinski definition) is 6.